The van der Waals surface area contributed by atoms with Crippen molar-refractivity contribution in [3.05, 3.63) is 24.0 Å². The molecule has 0 spiro atoms. The molecule has 7 heteroatoms. The summed E-state index contributed by atoms with van der Waals surface area (Å²) in [4.78, 5) is 12.2. The van der Waals surface area contributed by atoms with Crippen LogP contribution in [-0.2, 0) is 23.7 Å². The van der Waals surface area contributed by atoms with Gasteiger partial charge in [-0.15, -0.1) is 0 Å². The van der Waals surface area contributed by atoms with Crippen LogP contribution in [0.15, 0.2) is 24.0 Å². The van der Waals surface area contributed by atoms with Crippen LogP contribution in [-0.4, -0.2) is 64.9 Å². The van der Waals surface area contributed by atoms with Crippen molar-refractivity contribution in [2.75, 3.05) is 52.9 Å². The van der Waals surface area contributed by atoms with Gasteiger partial charge in [-0.25, -0.2) is 0 Å². The van der Waals surface area contributed by atoms with Gasteiger partial charge in [0, 0.05) is 13.0 Å². The van der Waals surface area contributed by atoms with Crippen LogP contribution in [0.3, 0.4) is 0 Å². The van der Waals surface area contributed by atoms with Gasteiger partial charge in [0.25, 0.3) is 0 Å². The van der Waals surface area contributed by atoms with Crippen LogP contribution in [0.5, 0.6) is 0 Å². The summed E-state index contributed by atoms with van der Waals surface area (Å²) in [6, 6.07) is 0. The lowest BCUT2D eigenvalue weighted by atomic mass is 9.98. The van der Waals surface area contributed by atoms with Crippen LogP contribution in [0.4, 0.5) is 0 Å². The normalized spacial score (nSPS) is 16.6. The molecule has 0 aromatic heterocycles. The molecular formula is C19H34N2O5. The highest BCUT2D eigenvalue weighted by Gasteiger charge is 2.20. The maximum absolute atomic E-state index is 12.2. The molecule has 0 heterocycles. The van der Waals surface area contributed by atoms with Crippen molar-refractivity contribution in [3.8, 4) is 0 Å². The Kier molecular flexibility index (Phi) is 12.8. The van der Waals surface area contributed by atoms with Gasteiger partial charge in [0.2, 0.25) is 5.91 Å². The standard InChI is InChI=1S/C19H34N2O5/c1-4-20-15-25-13-12-24-11-10-23-9-8-21-19(22)17-6-5-7-18(14-17)26-16(2)3/h5-7,16-17,20H,4,8-15H2,1-3H3,(H,21,22). The molecule has 1 rings (SSSR count). The zero-order valence-electron chi connectivity index (χ0n) is 16.3. The molecular weight excluding hydrogens is 336 g/mol. The van der Waals surface area contributed by atoms with E-state index in [0.29, 0.717) is 52.7 Å². The highest BCUT2D eigenvalue weighted by Crippen LogP contribution is 2.20. The van der Waals surface area contributed by atoms with E-state index in [1.807, 2.05) is 39.0 Å². The Bertz CT molecular complexity index is 438. The Hall–Kier alpha value is -1.41. The van der Waals surface area contributed by atoms with Crippen LogP contribution in [0, 0.1) is 5.92 Å². The maximum Gasteiger partial charge on any atom is 0.227 e. The molecule has 0 fully saturated rings. The fourth-order valence-corrected chi connectivity index (χ4v) is 2.28. The molecule has 1 atom stereocenters. The fourth-order valence-electron chi connectivity index (χ4n) is 2.28. The molecule has 1 aliphatic rings. The summed E-state index contributed by atoms with van der Waals surface area (Å²) < 4.78 is 21.8. The largest absolute Gasteiger partial charge is 0.495 e. The van der Waals surface area contributed by atoms with Gasteiger partial charge in [0.05, 0.1) is 57.5 Å². The molecule has 0 saturated heterocycles. The molecule has 0 aromatic rings. The first kappa shape index (κ1) is 22.6. The Balaban J connectivity index is 1.96. The van der Waals surface area contributed by atoms with Gasteiger partial charge >= 0.3 is 0 Å². The zero-order chi connectivity index (χ0) is 19.0. The Labute approximate surface area is 157 Å². The number of amides is 1. The summed E-state index contributed by atoms with van der Waals surface area (Å²) in [5.74, 6) is 0.668. The third kappa shape index (κ3) is 11.3. The Morgan fingerprint density at radius 3 is 2.54 bits per heavy atom. The predicted molar refractivity (Wildman–Crippen MR) is 101 cm³/mol. The lowest BCUT2D eigenvalue weighted by Gasteiger charge is -2.20. The quantitative estimate of drug-likeness (QED) is 0.337. The van der Waals surface area contributed by atoms with Crippen LogP contribution in [0.2, 0.25) is 0 Å². The topological polar surface area (TPSA) is 78.0 Å². The molecule has 7 nitrogen and oxygen atoms in total. The van der Waals surface area contributed by atoms with E-state index in [1.165, 1.54) is 0 Å². The van der Waals surface area contributed by atoms with Crippen molar-refractivity contribution in [2.45, 2.75) is 33.3 Å². The van der Waals surface area contributed by atoms with Gasteiger partial charge in [0.1, 0.15) is 0 Å². The number of allylic oxidation sites excluding steroid dienone is 3. The number of nitrogens with one attached hydrogen (secondary N) is 2. The van der Waals surface area contributed by atoms with E-state index in [-0.39, 0.29) is 17.9 Å². The first-order valence-electron chi connectivity index (χ1n) is 9.39. The molecule has 26 heavy (non-hydrogen) atoms. The molecule has 0 aromatic carbocycles. The second-order valence-corrected chi connectivity index (χ2v) is 6.17. The Morgan fingerprint density at radius 2 is 1.85 bits per heavy atom. The molecule has 150 valence electrons. The average molecular weight is 370 g/mol. The number of ether oxygens (including phenoxy) is 4. The van der Waals surface area contributed by atoms with Crippen molar-refractivity contribution in [3.63, 3.8) is 0 Å². The van der Waals surface area contributed by atoms with Crippen molar-refractivity contribution < 1.29 is 23.7 Å². The van der Waals surface area contributed by atoms with E-state index < -0.39 is 0 Å². The maximum atomic E-state index is 12.2. The molecule has 0 bridgehead atoms. The molecule has 1 aliphatic carbocycles. The van der Waals surface area contributed by atoms with Crippen LogP contribution in [0.25, 0.3) is 0 Å². The molecule has 0 saturated carbocycles. The molecule has 1 unspecified atom stereocenters. The van der Waals surface area contributed by atoms with E-state index in [2.05, 4.69) is 10.6 Å². The highest BCUT2D eigenvalue weighted by molar-refractivity contribution is 5.81. The number of rotatable bonds is 15. The summed E-state index contributed by atoms with van der Waals surface area (Å²) in [5.41, 5.74) is 0. The first-order valence-corrected chi connectivity index (χ1v) is 9.39. The van der Waals surface area contributed by atoms with Gasteiger partial charge < -0.3 is 24.3 Å². The third-order valence-corrected chi connectivity index (χ3v) is 3.51. The van der Waals surface area contributed by atoms with Gasteiger partial charge in [-0.3, -0.25) is 10.1 Å². The summed E-state index contributed by atoms with van der Waals surface area (Å²) >= 11 is 0. The number of hydrogen-bond donors (Lipinski definition) is 2. The lowest BCUT2D eigenvalue weighted by Crippen LogP contribution is -2.33. The van der Waals surface area contributed by atoms with E-state index in [0.717, 1.165) is 12.3 Å². The zero-order valence-corrected chi connectivity index (χ0v) is 16.3. The lowest BCUT2D eigenvalue weighted by molar-refractivity contribution is -0.124. The molecule has 1 amide bonds. The average Bonchev–Trinajstić information content (AvgIpc) is 2.62. The van der Waals surface area contributed by atoms with Gasteiger partial charge in [0.15, 0.2) is 0 Å². The first-order chi connectivity index (χ1) is 12.6. The minimum Gasteiger partial charge on any atom is -0.495 e. The number of carbonyl (C=O) groups excluding carboxylic acids is 1. The third-order valence-electron chi connectivity index (χ3n) is 3.51. The fraction of sp³-hybridized carbons (Fsp3) is 0.737. The van der Waals surface area contributed by atoms with Crippen LogP contribution in [0.1, 0.15) is 27.2 Å². The van der Waals surface area contributed by atoms with Gasteiger partial charge in [-0.05, 0) is 26.5 Å². The van der Waals surface area contributed by atoms with Crippen LogP contribution < -0.4 is 10.6 Å². The highest BCUT2D eigenvalue weighted by atomic mass is 16.5. The molecule has 0 radical (unpaired) electrons. The van der Waals surface area contributed by atoms with Crippen molar-refractivity contribution in [1.29, 1.82) is 0 Å². The number of hydrogen-bond acceptors (Lipinski definition) is 6. The van der Waals surface area contributed by atoms with E-state index in [1.54, 1.807) is 0 Å². The van der Waals surface area contributed by atoms with E-state index >= 15 is 0 Å². The summed E-state index contributed by atoms with van der Waals surface area (Å²) in [6.07, 6.45) is 6.41. The molecule has 0 aliphatic heterocycles. The van der Waals surface area contributed by atoms with Crippen molar-refractivity contribution >= 4 is 5.91 Å². The van der Waals surface area contributed by atoms with Gasteiger partial charge in [-0.1, -0.05) is 19.1 Å². The van der Waals surface area contributed by atoms with E-state index in [4.69, 9.17) is 18.9 Å². The second-order valence-electron chi connectivity index (χ2n) is 6.17. The second kappa shape index (κ2) is 14.7. The van der Waals surface area contributed by atoms with Crippen molar-refractivity contribution in [2.24, 2.45) is 5.92 Å². The monoisotopic (exact) mass is 370 g/mol. The molecule has 2 N–H and O–H groups in total. The smallest absolute Gasteiger partial charge is 0.227 e. The van der Waals surface area contributed by atoms with Gasteiger partial charge in [-0.2, -0.15) is 0 Å². The SMILES string of the molecule is CCNCOCCOCCOCCNC(=O)C1C=CC=C(OC(C)C)C1. The van der Waals surface area contributed by atoms with E-state index in [9.17, 15) is 4.79 Å². The number of carbonyl (C=O) groups is 1. The predicted octanol–water partition coefficient (Wildman–Crippen LogP) is 1.60. The summed E-state index contributed by atoms with van der Waals surface area (Å²) in [5, 5.41) is 5.96. The van der Waals surface area contributed by atoms with Crippen LogP contribution >= 0.6 is 0 Å². The van der Waals surface area contributed by atoms with Crippen molar-refractivity contribution in [1.82, 2.24) is 10.6 Å². The summed E-state index contributed by atoms with van der Waals surface area (Å²) in [6.45, 7) is 10.5. The Morgan fingerprint density at radius 1 is 1.15 bits per heavy atom. The summed E-state index contributed by atoms with van der Waals surface area (Å²) in [7, 11) is 0. The minimum absolute atomic E-state index is 0.00288. The minimum atomic E-state index is -0.181.